The highest BCUT2D eigenvalue weighted by atomic mass is 19.4. The van der Waals surface area contributed by atoms with Crippen molar-refractivity contribution in [3.05, 3.63) is 47.3 Å². The summed E-state index contributed by atoms with van der Waals surface area (Å²) in [5.74, 6) is -0.923. The quantitative estimate of drug-likeness (QED) is 0.747. The average Bonchev–Trinajstić information content (AvgIpc) is 3.05. The van der Waals surface area contributed by atoms with Crippen molar-refractivity contribution in [2.24, 2.45) is 0 Å². The van der Waals surface area contributed by atoms with Gasteiger partial charge in [0.1, 0.15) is 5.60 Å². The van der Waals surface area contributed by atoms with Crippen molar-refractivity contribution in [2.45, 2.75) is 46.0 Å². The van der Waals surface area contributed by atoms with E-state index in [0.717, 1.165) is 4.68 Å². The maximum atomic E-state index is 13.1. The molecule has 0 saturated carbocycles. The summed E-state index contributed by atoms with van der Waals surface area (Å²) in [4.78, 5) is 23.9. The van der Waals surface area contributed by atoms with Crippen LogP contribution in [0.4, 0.5) is 18.0 Å². The van der Waals surface area contributed by atoms with Gasteiger partial charge in [-0.1, -0.05) is 12.1 Å². The zero-order chi connectivity index (χ0) is 21.8. The lowest BCUT2D eigenvalue weighted by molar-refractivity contribution is -0.141. The normalized spacial score (nSPS) is 11.8. The fourth-order valence-electron chi connectivity index (χ4n) is 2.35. The molecule has 2 aromatic rings. The molecule has 0 spiro atoms. The monoisotopic (exact) mass is 413 g/mol. The highest BCUT2D eigenvalue weighted by molar-refractivity contribution is 5.88. The molecule has 0 bridgehead atoms. The second-order valence-corrected chi connectivity index (χ2v) is 7.07. The highest BCUT2D eigenvalue weighted by Crippen LogP contribution is 2.30. The van der Waals surface area contributed by atoms with Crippen LogP contribution in [0.3, 0.4) is 0 Å². The number of alkyl carbamates (subject to hydrolysis) is 1. The molecule has 0 radical (unpaired) electrons. The second kappa shape index (κ2) is 8.54. The van der Waals surface area contributed by atoms with Gasteiger partial charge in [0, 0.05) is 12.6 Å². The predicted octanol–water partition coefficient (Wildman–Crippen LogP) is 4.09. The summed E-state index contributed by atoms with van der Waals surface area (Å²) in [5.41, 5.74) is -1.43. The molecule has 1 aromatic carbocycles. The largest absolute Gasteiger partial charge is 0.461 e. The summed E-state index contributed by atoms with van der Waals surface area (Å²) in [7, 11) is 0. The van der Waals surface area contributed by atoms with Gasteiger partial charge >= 0.3 is 18.2 Å². The Balaban J connectivity index is 2.30. The zero-order valence-electron chi connectivity index (χ0n) is 16.5. The minimum atomic E-state index is -4.72. The highest BCUT2D eigenvalue weighted by Gasteiger charge is 2.36. The summed E-state index contributed by atoms with van der Waals surface area (Å²) in [5, 5.41) is 6.08. The zero-order valence-corrected chi connectivity index (χ0v) is 16.5. The number of carbonyl (C=O) groups is 2. The van der Waals surface area contributed by atoms with Gasteiger partial charge in [0.15, 0.2) is 11.4 Å². The molecule has 0 saturated heterocycles. The molecule has 158 valence electrons. The number of hydrogen-bond donors (Lipinski definition) is 1. The van der Waals surface area contributed by atoms with E-state index in [1.807, 2.05) is 0 Å². The van der Waals surface area contributed by atoms with Crippen LogP contribution in [0.25, 0.3) is 5.69 Å². The van der Waals surface area contributed by atoms with Gasteiger partial charge in [0.05, 0.1) is 12.3 Å². The molecule has 1 aromatic heterocycles. The van der Waals surface area contributed by atoms with Crippen LogP contribution < -0.4 is 5.32 Å². The molecule has 10 heteroatoms. The summed E-state index contributed by atoms with van der Waals surface area (Å²) >= 11 is 0. The van der Waals surface area contributed by atoms with Crippen LogP contribution >= 0.6 is 0 Å². The number of ether oxygens (including phenoxy) is 2. The van der Waals surface area contributed by atoms with Crippen molar-refractivity contribution in [2.75, 3.05) is 6.61 Å². The fourth-order valence-corrected chi connectivity index (χ4v) is 2.35. The van der Waals surface area contributed by atoms with Gasteiger partial charge in [-0.15, -0.1) is 0 Å². The molecule has 1 heterocycles. The molecule has 29 heavy (non-hydrogen) atoms. The van der Waals surface area contributed by atoms with Crippen LogP contribution in [-0.2, 0) is 22.2 Å². The molecule has 0 unspecified atom stereocenters. The number of nitrogens with one attached hydrogen (secondary N) is 1. The Labute approximate surface area is 165 Å². The number of amides is 1. The SMILES string of the molecule is CCOC(=O)c1cc(C(F)(F)F)nn1-c1cccc(CNC(=O)OC(C)(C)C)c1. The number of hydrogen-bond acceptors (Lipinski definition) is 5. The molecule has 7 nitrogen and oxygen atoms in total. The molecule has 0 fully saturated rings. The first-order chi connectivity index (χ1) is 13.4. The van der Waals surface area contributed by atoms with E-state index in [1.54, 1.807) is 39.8 Å². The van der Waals surface area contributed by atoms with Crippen molar-refractivity contribution in [1.29, 1.82) is 0 Å². The topological polar surface area (TPSA) is 82.5 Å². The number of carbonyl (C=O) groups excluding carboxylic acids is 2. The van der Waals surface area contributed by atoms with Crippen molar-refractivity contribution >= 4 is 12.1 Å². The molecule has 0 atom stereocenters. The molecule has 0 aliphatic heterocycles. The Morgan fingerprint density at radius 1 is 1.17 bits per heavy atom. The molecule has 0 aliphatic rings. The third-order valence-corrected chi connectivity index (χ3v) is 3.48. The lowest BCUT2D eigenvalue weighted by Gasteiger charge is -2.19. The number of rotatable bonds is 5. The van der Waals surface area contributed by atoms with Crippen LogP contribution in [-0.4, -0.2) is 34.1 Å². The Morgan fingerprint density at radius 3 is 2.45 bits per heavy atom. The van der Waals surface area contributed by atoms with Crippen molar-refractivity contribution in [3.8, 4) is 5.69 Å². The maximum Gasteiger partial charge on any atom is 0.435 e. The van der Waals surface area contributed by atoms with E-state index in [2.05, 4.69) is 10.4 Å². The van der Waals surface area contributed by atoms with E-state index in [0.29, 0.717) is 11.6 Å². The predicted molar refractivity (Wildman–Crippen MR) is 97.6 cm³/mol. The van der Waals surface area contributed by atoms with E-state index in [-0.39, 0.29) is 24.5 Å². The van der Waals surface area contributed by atoms with Crippen LogP contribution in [0.1, 0.15) is 49.4 Å². The van der Waals surface area contributed by atoms with Crippen LogP contribution in [0.5, 0.6) is 0 Å². The molecule has 1 amide bonds. The van der Waals surface area contributed by atoms with Gasteiger partial charge in [-0.25, -0.2) is 14.3 Å². The van der Waals surface area contributed by atoms with E-state index >= 15 is 0 Å². The average molecular weight is 413 g/mol. The van der Waals surface area contributed by atoms with Gasteiger partial charge in [-0.2, -0.15) is 18.3 Å². The lowest BCUT2D eigenvalue weighted by atomic mass is 10.2. The Hall–Kier alpha value is -3.04. The summed E-state index contributed by atoms with van der Waals surface area (Å²) < 4.78 is 50.1. The Morgan fingerprint density at radius 2 is 1.86 bits per heavy atom. The van der Waals surface area contributed by atoms with Crippen molar-refractivity contribution in [1.82, 2.24) is 15.1 Å². The van der Waals surface area contributed by atoms with Gasteiger partial charge in [0.25, 0.3) is 0 Å². The number of alkyl halides is 3. The lowest BCUT2D eigenvalue weighted by Crippen LogP contribution is -2.32. The van der Waals surface area contributed by atoms with Crippen LogP contribution in [0, 0.1) is 0 Å². The number of aromatic nitrogens is 2. The first-order valence-corrected chi connectivity index (χ1v) is 8.81. The number of halogens is 3. The Bertz CT molecular complexity index is 886. The van der Waals surface area contributed by atoms with Gasteiger partial charge in [-0.05, 0) is 45.4 Å². The van der Waals surface area contributed by atoms with Gasteiger partial charge in [-0.3, -0.25) is 0 Å². The van der Waals surface area contributed by atoms with E-state index in [9.17, 15) is 22.8 Å². The molecular weight excluding hydrogens is 391 g/mol. The number of benzene rings is 1. The first-order valence-electron chi connectivity index (χ1n) is 8.81. The third-order valence-electron chi connectivity index (χ3n) is 3.48. The molecule has 1 N–H and O–H groups in total. The fraction of sp³-hybridized carbons (Fsp3) is 0.421. The van der Waals surface area contributed by atoms with Crippen LogP contribution in [0.15, 0.2) is 30.3 Å². The number of nitrogens with zero attached hydrogens (tertiary/aromatic N) is 2. The third kappa shape index (κ3) is 6.23. The van der Waals surface area contributed by atoms with E-state index < -0.39 is 29.5 Å². The minimum Gasteiger partial charge on any atom is -0.461 e. The molecular formula is C19H22F3N3O4. The minimum absolute atomic E-state index is 0.00517. The maximum absolute atomic E-state index is 13.1. The van der Waals surface area contributed by atoms with Crippen molar-refractivity contribution < 1.29 is 32.2 Å². The summed E-state index contributed by atoms with van der Waals surface area (Å²) in [6, 6.07) is 6.88. The van der Waals surface area contributed by atoms with E-state index in [1.165, 1.54) is 12.1 Å². The summed E-state index contributed by atoms with van der Waals surface area (Å²) in [6.07, 6.45) is -5.35. The standard InChI is InChI=1S/C19H22F3N3O4/c1-5-28-16(26)14-10-15(19(20,21)22)24-25(14)13-8-6-7-12(9-13)11-23-17(27)29-18(2,3)4/h6-10H,5,11H2,1-4H3,(H,23,27). The molecule has 0 aliphatic carbocycles. The van der Waals surface area contributed by atoms with Gasteiger partial charge < -0.3 is 14.8 Å². The van der Waals surface area contributed by atoms with Gasteiger partial charge in [0.2, 0.25) is 0 Å². The van der Waals surface area contributed by atoms with Crippen LogP contribution in [0.2, 0.25) is 0 Å². The summed E-state index contributed by atoms with van der Waals surface area (Å²) in [6.45, 7) is 6.79. The van der Waals surface area contributed by atoms with E-state index in [4.69, 9.17) is 9.47 Å². The smallest absolute Gasteiger partial charge is 0.435 e. The molecule has 2 rings (SSSR count). The number of esters is 1. The second-order valence-electron chi connectivity index (χ2n) is 7.07. The van der Waals surface area contributed by atoms with Crippen molar-refractivity contribution in [3.63, 3.8) is 0 Å². The Kier molecular flexibility index (Phi) is 6.55. The first kappa shape index (κ1) is 22.3.